The summed E-state index contributed by atoms with van der Waals surface area (Å²) in [5.74, 6) is 2.38. The van der Waals surface area contributed by atoms with Gasteiger partial charge in [-0.05, 0) is 29.8 Å². The molecular formula is C16H18N2O2S. The van der Waals surface area contributed by atoms with Gasteiger partial charge >= 0.3 is 0 Å². The van der Waals surface area contributed by atoms with Crippen LogP contribution in [0.25, 0.3) is 0 Å². The number of thioether (sulfide) groups is 1. The van der Waals surface area contributed by atoms with Crippen molar-refractivity contribution < 1.29 is 9.47 Å². The van der Waals surface area contributed by atoms with Crippen molar-refractivity contribution in [1.82, 2.24) is 4.98 Å². The molecule has 0 spiro atoms. The molecule has 1 aliphatic heterocycles. The smallest absolute Gasteiger partial charge is 0.161 e. The number of aromatic nitrogens is 1. The van der Waals surface area contributed by atoms with Gasteiger partial charge in [-0.1, -0.05) is 12.1 Å². The van der Waals surface area contributed by atoms with Crippen molar-refractivity contribution >= 4 is 11.8 Å². The molecule has 4 nitrogen and oxygen atoms in total. The summed E-state index contributed by atoms with van der Waals surface area (Å²) in [6.45, 7) is 1.39. The molecule has 1 aromatic heterocycles. The van der Waals surface area contributed by atoms with Crippen LogP contribution in [-0.2, 0) is 0 Å². The van der Waals surface area contributed by atoms with Crippen molar-refractivity contribution in [2.75, 3.05) is 19.0 Å². The maximum absolute atomic E-state index is 6.27. The fourth-order valence-corrected chi connectivity index (χ4v) is 2.97. The highest BCUT2D eigenvalue weighted by Crippen LogP contribution is 2.33. The monoisotopic (exact) mass is 302 g/mol. The Kier molecular flexibility index (Phi) is 4.62. The van der Waals surface area contributed by atoms with Gasteiger partial charge in [0.2, 0.25) is 0 Å². The minimum absolute atomic E-state index is 0.0610. The number of rotatable bonds is 4. The van der Waals surface area contributed by atoms with E-state index in [1.165, 1.54) is 0 Å². The van der Waals surface area contributed by atoms with Crippen LogP contribution in [0.5, 0.6) is 11.5 Å². The molecule has 0 amide bonds. The van der Waals surface area contributed by atoms with E-state index in [0.29, 0.717) is 13.2 Å². The summed E-state index contributed by atoms with van der Waals surface area (Å²) in [6, 6.07) is 11.8. The third-order valence-electron chi connectivity index (χ3n) is 3.25. The maximum atomic E-state index is 6.27. The van der Waals surface area contributed by atoms with Gasteiger partial charge in [0.15, 0.2) is 11.5 Å². The third-order valence-corrected chi connectivity index (χ3v) is 4.31. The summed E-state index contributed by atoms with van der Waals surface area (Å²) in [5.41, 5.74) is 7.33. The Bertz CT molecular complexity index is 592. The Hall–Kier alpha value is -1.72. The van der Waals surface area contributed by atoms with E-state index in [1.54, 1.807) is 18.0 Å². The number of benzene rings is 1. The van der Waals surface area contributed by atoms with Gasteiger partial charge in [-0.2, -0.15) is 0 Å². The molecule has 1 unspecified atom stereocenters. The van der Waals surface area contributed by atoms with Crippen LogP contribution in [0, 0.1) is 0 Å². The quantitative estimate of drug-likeness (QED) is 0.880. The van der Waals surface area contributed by atoms with E-state index in [-0.39, 0.29) is 6.04 Å². The second-order valence-corrected chi connectivity index (χ2v) is 5.88. The fraction of sp³-hybridized carbons (Fsp3) is 0.312. The van der Waals surface area contributed by atoms with Crippen LogP contribution in [0.15, 0.2) is 47.6 Å². The van der Waals surface area contributed by atoms with E-state index in [9.17, 15) is 0 Å². The molecule has 2 aromatic rings. The van der Waals surface area contributed by atoms with E-state index in [0.717, 1.165) is 34.3 Å². The lowest BCUT2D eigenvalue weighted by Gasteiger charge is -2.14. The topological polar surface area (TPSA) is 57.4 Å². The fourth-order valence-electron chi connectivity index (χ4n) is 2.11. The molecular weight excluding hydrogens is 284 g/mol. The molecule has 0 aliphatic carbocycles. The highest BCUT2D eigenvalue weighted by molar-refractivity contribution is 7.99. The molecule has 21 heavy (non-hydrogen) atoms. The first kappa shape index (κ1) is 14.2. The largest absolute Gasteiger partial charge is 0.490 e. The first-order valence-corrected chi connectivity index (χ1v) is 8.00. The van der Waals surface area contributed by atoms with Crippen molar-refractivity contribution in [3.8, 4) is 11.5 Å². The number of hydrogen-bond acceptors (Lipinski definition) is 5. The zero-order valence-corrected chi connectivity index (χ0v) is 12.5. The minimum Gasteiger partial charge on any atom is -0.490 e. The van der Waals surface area contributed by atoms with Crippen molar-refractivity contribution in [2.45, 2.75) is 17.5 Å². The number of hydrogen-bond donors (Lipinski definition) is 1. The van der Waals surface area contributed by atoms with Crippen LogP contribution in [0.2, 0.25) is 0 Å². The first-order chi connectivity index (χ1) is 10.3. The Morgan fingerprint density at radius 1 is 1.14 bits per heavy atom. The predicted molar refractivity (Wildman–Crippen MR) is 83.9 cm³/mol. The molecule has 3 rings (SSSR count). The summed E-state index contributed by atoms with van der Waals surface area (Å²) in [4.78, 5) is 4.29. The summed E-state index contributed by atoms with van der Waals surface area (Å²) >= 11 is 1.66. The molecule has 2 N–H and O–H groups in total. The van der Waals surface area contributed by atoms with Crippen LogP contribution >= 0.6 is 11.8 Å². The Morgan fingerprint density at radius 3 is 2.81 bits per heavy atom. The molecule has 1 aliphatic rings. The van der Waals surface area contributed by atoms with E-state index >= 15 is 0 Å². The van der Waals surface area contributed by atoms with Gasteiger partial charge in [0.25, 0.3) is 0 Å². The lowest BCUT2D eigenvalue weighted by Crippen LogP contribution is -2.13. The van der Waals surface area contributed by atoms with E-state index in [1.807, 2.05) is 36.4 Å². The molecule has 2 heterocycles. The molecule has 5 heteroatoms. The molecule has 1 aromatic carbocycles. The standard InChI is InChI=1S/C16H18N2O2S/c17-13(11-21-16-4-1-2-7-18-16)12-5-6-14-15(10-12)20-9-3-8-19-14/h1-2,4-7,10,13H,3,8-9,11,17H2. The Labute approximate surface area is 128 Å². The molecule has 0 saturated heterocycles. The van der Waals surface area contributed by atoms with Crippen molar-refractivity contribution in [2.24, 2.45) is 5.73 Å². The van der Waals surface area contributed by atoms with Gasteiger partial charge in [-0.15, -0.1) is 11.8 Å². The zero-order valence-electron chi connectivity index (χ0n) is 11.7. The minimum atomic E-state index is -0.0610. The Balaban J connectivity index is 1.67. The molecule has 0 bridgehead atoms. The molecule has 110 valence electrons. The summed E-state index contributed by atoms with van der Waals surface area (Å²) in [5, 5.41) is 0.988. The van der Waals surface area contributed by atoms with Crippen LogP contribution in [-0.4, -0.2) is 24.0 Å². The number of pyridine rings is 1. The molecule has 0 fully saturated rings. The van der Waals surface area contributed by atoms with E-state index < -0.39 is 0 Å². The van der Waals surface area contributed by atoms with Gasteiger partial charge in [0.05, 0.1) is 18.2 Å². The second-order valence-electron chi connectivity index (χ2n) is 4.84. The molecule has 0 saturated carbocycles. The van der Waals surface area contributed by atoms with Gasteiger partial charge < -0.3 is 15.2 Å². The maximum Gasteiger partial charge on any atom is 0.161 e. The summed E-state index contributed by atoms with van der Waals surface area (Å²) in [7, 11) is 0. The highest BCUT2D eigenvalue weighted by Gasteiger charge is 2.14. The van der Waals surface area contributed by atoms with Crippen molar-refractivity contribution in [1.29, 1.82) is 0 Å². The average Bonchev–Trinajstić information content (AvgIpc) is 2.78. The van der Waals surface area contributed by atoms with E-state index in [4.69, 9.17) is 15.2 Å². The number of nitrogens with zero attached hydrogens (tertiary/aromatic N) is 1. The first-order valence-electron chi connectivity index (χ1n) is 7.02. The lowest BCUT2D eigenvalue weighted by molar-refractivity contribution is 0.297. The van der Waals surface area contributed by atoms with E-state index in [2.05, 4.69) is 4.98 Å². The van der Waals surface area contributed by atoms with Gasteiger partial charge in [0, 0.05) is 24.4 Å². The van der Waals surface area contributed by atoms with Gasteiger partial charge in [0.1, 0.15) is 0 Å². The number of ether oxygens (including phenoxy) is 2. The summed E-state index contributed by atoms with van der Waals surface area (Å²) in [6.07, 6.45) is 2.70. The number of fused-ring (bicyclic) bond motifs is 1. The van der Waals surface area contributed by atoms with Crippen molar-refractivity contribution in [3.63, 3.8) is 0 Å². The molecule has 1 atom stereocenters. The lowest BCUT2D eigenvalue weighted by atomic mass is 10.1. The SMILES string of the molecule is NC(CSc1ccccn1)c1ccc2c(c1)OCCCO2. The van der Waals surface area contributed by atoms with Gasteiger partial charge in [-0.25, -0.2) is 4.98 Å². The van der Waals surface area contributed by atoms with Crippen LogP contribution in [0.3, 0.4) is 0 Å². The van der Waals surface area contributed by atoms with Crippen LogP contribution in [0.1, 0.15) is 18.0 Å². The number of nitrogens with two attached hydrogens (primary N) is 1. The predicted octanol–water partition coefficient (Wildman–Crippen LogP) is 3.04. The average molecular weight is 302 g/mol. The molecule has 0 radical (unpaired) electrons. The third kappa shape index (κ3) is 3.68. The van der Waals surface area contributed by atoms with Gasteiger partial charge in [-0.3, -0.25) is 0 Å². The van der Waals surface area contributed by atoms with Crippen LogP contribution in [0.4, 0.5) is 0 Å². The highest BCUT2D eigenvalue weighted by atomic mass is 32.2. The Morgan fingerprint density at radius 2 is 2.00 bits per heavy atom. The normalized spacial score (nSPS) is 15.3. The van der Waals surface area contributed by atoms with Crippen molar-refractivity contribution in [3.05, 3.63) is 48.2 Å². The zero-order chi connectivity index (χ0) is 14.5. The summed E-state index contributed by atoms with van der Waals surface area (Å²) < 4.78 is 11.3. The second kappa shape index (κ2) is 6.83. The van der Waals surface area contributed by atoms with Crippen LogP contribution < -0.4 is 15.2 Å².